The quantitative estimate of drug-likeness (QED) is 0.0786. The number of unbranched alkanes of at least 4 members (excludes halogenated alkanes) is 13. The first-order chi connectivity index (χ1) is 19.0. The van der Waals surface area contributed by atoms with Crippen LogP contribution in [0.15, 0.2) is 36.4 Å². The molecule has 0 saturated heterocycles. The number of carbonyl (C=O) groups is 1. The number of aromatic hydroxyl groups is 1. The number of nitrogens with two attached hydrogens (primary N) is 1. The Labute approximate surface area is 235 Å². The van der Waals surface area contributed by atoms with Crippen LogP contribution in [0, 0.1) is 0 Å². The summed E-state index contributed by atoms with van der Waals surface area (Å²) in [6.45, 7) is 4.78. The van der Waals surface area contributed by atoms with E-state index in [1.165, 1.54) is 90.0 Å². The van der Waals surface area contributed by atoms with Crippen LogP contribution >= 0.6 is 0 Å². The first kappa shape index (κ1) is 32.1. The zero-order chi connectivity index (χ0) is 28.1. The SMILES string of the molecule is CCCCCCCCCCCCCCCCOc1cc(O)c(NC(C)=O)cc1OCCOc1ccc(N)cc1. The maximum Gasteiger partial charge on any atom is 0.221 e. The second-order valence-corrected chi connectivity index (χ2v) is 10.2. The van der Waals surface area contributed by atoms with Gasteiger partial charge < -0.3 is 30.4 Å². The second-order valence-electron chi connectivity index (χ2n) is 10.2. The predicted octanol–water partition coefficient (Wildman–Crippen LogP) is 8.25. The zero-order valence-corrected chi connectivity index (χ0v) is 24.1. The summed E-state index contributed by atoms with van der Waals surface area (Å²) in [4.78, 5) is 11.5. The third-order valence-corrected chi connectivity index (χ3v) is 6.62. The van der Waals surface area contributed by atoms with Crippen molar-refractivity contribution in [1.82, 2.24) is 0 Å². The van der Waals surface area contributed by atoms with Crippen LogP contribution < -0.4 is 25.3 Å². The van der Waals surface area contributed by atoms with Gasteiger partial charge in [0.1, 0.15) is 24.7 Å². The van der Waals surface area contributed by atoms with Crippen LogP contribution in [0.3, 0.4) is 0 Å². The molecule has 39 heavy (non-hydrogen) atoms. The molecule has 1 amide bonds. The lowest BCUT2D eigenvalue weighted by molar-refractivity contribution is -0.114. The summed E-state index contributed by atoms with van der Waals surface area (Å²) < 4.78 is 17.5. The number of anilines is 2. The molecule has 0 aliphatic carbocycles. The van der Waals surface area contributed by atoms with Gasteiger partial charge in [0.2, 0.25) is 5.91 Å². The fourth-order valence-electron chi connectivity index (χ4n) is 4.42. The average Bonchev–Trinajstić information content (AvgIpc) is 2.91. The average molecular weight is 543 g/mol. The molecule has 2 aromatic carbocycles. The van der Waals surface area contributed by atoms with E-state index in [1.807, 2.05) is 0 Å². The van der Waals surface area contributed by atoms with E-state index in [-0.39, 0.29) is 24.0 Å². The third-order valence-electron chi connectivity index (χ3n) is 6.62. The number of hydrogen-bond donors (Lipinski definition) is 3. The fourth-order valence-corrected chi connectivity index (χ4v) is 4.42. The van der Waals surface area contributed by atoms with Gasteiger partial charge in [-0.25, -0.2) is 0 Å². The summed E-state index contributed by atoms with van der Waals surface area (Å²) in [5.74, 6) is 1.25. The number of ether oxygens (including phenoxy) is 3. The van der Waals surface area contributed by atoms with E-state index in [2.05, 4.69) is 12.2 Å². The van der Waals surface area contributed by atoms with Gasteiger partial charge in [-0.2, -0.15) is 0 Å². The van der Waals surface area contributed by atoms with E-state index in [1.54, 1.807) is 30.3 Å². The molecular formula is C32H50N2O5. The van der Waals surface area contributed by atoms with Crippen molar-refractivity contribution in [2.45, 2.75) is 104 Å². The third kappa shape index (κ3) is 14.6. The minimum Gasteiger partial charge on any atom is -0.506 e. The maximum absolute atomic E-state index is 11.5. The number of carbonyl (C=O) groups excluding carboxylic acids is 1. The molecule has 218 valence electrons. The van der Waals surface area contributed by atoms with Crippen molar-refractivity contribution in [2.24, 2.45) is 0 Å². The molecule has 0 fully saturated rings. The monoisotopic (exact) mass is 542 g/mol. The van der Waals surface area contributed by atoms with Gasteiger partial charge in [0, 0.05) is 24.7 Å². The fraction of sp³-hybridized carbons (Fsp3) is 0.594. The molecule has 0 aliphatic heterocycles. The van der Waals surface area contributed by atoms with Gasteiger partial charge >= 0.3 is 0 Å². The summed E-state index contributed by atoms with van der Waals surface area (Å²) in [6.07, 6.45) is 18.2. The van der Waals surface area contributed by atoms with Gasteiger partial charge in [-0.1, -0.05) is 90.4 Å². The molecule has 0 aromatic heterocycles. The Morgan fingerprint density at radius 3 is 1.77 bits per heavy atom. The number of phenolic OH excluding ortho intramolecular Hbond substituents is 1. The number of phenols is 1. The molecule has 0 saturated carbocycles. The standard InChI is InChI=1S/C32H50N2O5/c1-3-4-5-6-7-8-9-10-11-12-13-14-15-16-21-38-32-25-30(36)29(34-26(2)35)24-31(32)39-23-22-37-28-19-17-27(33)18-20-28/h17-20,24-25,36H,3-16,21-23,33H2,1-2H3,(H,34,35). The van der Waals surface area contributed by atoms with Gasteiger partial charge in [0.25, 0.3) is 0 Å². The smallest absolute Gasteiger partial charge is 0.221 e. The summed E-state index contributed by atoms with van der Waals surface area (Å²) in [6, 6.07) is 10.2. The van der Waals surface area contributed by atoms with E-state index in [0.29, 0.717) is 36.1 Å². The molecule has 0 atom stereocenters. The Bertz CT molecular complexity index is 933. The molecule has 7 nitrogen and oxygen atoms in total. The predicted molar refractivity (Wildman–Crippen MR) is 160 cm³/mol. The first-order valence-corrected chi connectivity index (χ1v) is 14.9. The van der Waals surface area contributed by atoms with Crippen molar-refractivity contribution >= 4 is 17.3 Å². The molecule has 0 aliphatic rings. The molecule has 0 heterocycles. The van der Waals surface area contributed by atoms with Gasteiger partial charge in [0.05, 0.1) is 12.3 Å². The highest BCUT2D eigenvalue weighted by molar-refractivity contribution is 5.91. The Balaban J connectivity index is 1.66. The topological polar surface area (TPSA) is 103 Å². The highest BCUT2D eigenvalue weighted by Crippen LogP contribution is 2.37. The van der Waals surface area contributed by atoms with Crippen LogP contribution in [0.4, 0.5) is 11.4 Å². The molecule has 0 radical (unpaired) electrons. The number of benzene rings is 2. The Morgan fingerprint density at radius 2 is 1.21 bits per heavy atom. The number of hydrogen-bond acceptors (Lipinski definition) is 6. The van der Waals surface area contributed by atoms with Crippen molar-refractivity contribution in [3.8, 4) is 23.0 Å². The Morgan fingerprint density at radius 1 is 0.718 bits per heavy atom. The summed E-state index contributed by atoms with van der Waals surface area (Å²) >= 11 is 0. The van der Waals surface area contributed by atoms with E-state index >= 15 is 0 Å². The minimum atomic E-state index is -0.279. The lowest BCUT2D eigenvalue weighted by Gasteiger charge is -2.16. The van der Waals surface area contributed by atoms with Crippen LogP contribution in [0.1, 0.15) is 104 Å². The highest BCUT2D eigenvalue weighted by atomic mass is 16.5. The van der Waals surface area contributed by atoms with Gasteiger partial charge in [0.15, 0.2) is 11.5 Å². The molecule has 2 rings (SSSR count). The van der Waals surface area contributed by atoms with E-state index < -0.39 is 0 Å². The molecule has 7 heteroatoms. The van der Waals surface area contributed by atoms with Crippen LogP contribution in [0.25, 0.3) is 0 Å². The molecule has 0 spiro atoms. The van der Waals surface area contributed by atoms with E-state index in [4.69, 9.17) is 19.9 Å². The largest absolute Gasteiger partial charge is 0.506 e. The number of rotatable bonds is 22. The number of nitrogens with one attached hydrogen (secondary N) is 1. The van der Waals surface area contributed by atoms with Gasteiger partial charge in [-0.05, 0) is 30.7 Å². The summed E-state index contributed by atoms with van der Waals surface area (Å²) in [5.41, 5.74) is 6.66. The Kier molecular flexibility index (Phi) is 16.4. The van der Waals surface area contributed by atoms with Crippen LogP contribution in [0.5, 0.6) is 23.0 Å². The summed E-state index contributed by atoms with van der Waals surface area (Å²) in [7, 11) is 0. The van der Waals surface area contributed by atoms with Crippen molar-refractivity contribution in [3.63, 3.8) is 0 Å². The molecule has 0 unspecified atom stereocenters. The van der Waals surface area contributed by atoms with E-state index in [9.17, 15) is 9.90 Å². The first-order valence-electron chi connectivity index (χ1n) is 14.9. The van der Waals surface area contributed by atoms with Gasteiger partial charge in [-0.15, -0.1) is 0 Å². The molecular weight excluding hydrogens is 492 g/mol. The highest BCUT2D eigenvalue weighted by Gasteiger charge is 2.13. The van der Waals surface area contributed by atoms with Gasteiger partial charge in [-0.3, -0.25) is 4.79 Å². The maximum atomic E-state index is 11.5. The van der Waals surface area contributed by atoms with Crippen molar-refractivity contribution in [2.75, 3.05) is 30.9 Å². The number of nitrogen functional groups attached to an aromatic ring is 1. The molecule has 0 bridgehead atoms. The normalized spacial score (nSPS) is 10.8. The van der Waals surface area contributed by atoms with Crippen LogP contribution in [-0.4, -0.2) is 30.8 Å². The van der Waals surface area contributed by atoms with Crippen LogP contribution in [0.2, 0.25) is 0 Å². The second kappa shape index (κ2) is 19.9. The van der Waals surface area contributed by atoms with Crippen molar-refractivity contribution in [3.05, 3.63) is 36.4 Å². The number of amides is 1. The van der Waals surface area contributed by atoms with E-state index in [0.717, 1.165) is 12.8 Å². The van der Waals surface area contributed by atoms with Crippen molar-refractivity contribution < 1.29 is 24.1 Å². The lowest BCUT2D eigenvalue weighted by Crippen LogP contribution is -2.11. The summed E-state index contributed by atoms with van der Waals surface area (Å²) in [5, 5.41) is 13.0. The Hall–Kier alpha value is -3.09. The zero-order valence-electron chi connectivity index (χ0n) is 24.1. The van der Waals surface area contributed by atoms with Crippen LogP contribution in [-0.2, 0) is 4.79 Å². The lowest BCUT2D eigenvalue weighted by atomic mass is 10.0. The molecule has 2 aromatic rings. The van der Waals surface area contributed by atoms with Crippen molar-refractivity contribution in [1.29, 1.82) is 0 Å². The minimum absolute atomic E-state index is 0.0633. The molecule has 4 N–H and O–H groups in total.